The molecule has 2 aliphatic rings. The van der Waals surface area contributed by atoms with Gasteiger partial charge in [0, 0.05) is 23.7 Å². The standard InChI is InChI=1S/C19H19ClFN5/c1-10(2)11(3)24-18-17(16-13(20)5-4-6-14(16)21)15-9-25(15)19-12(7-22)8-23-26(18)19/h4-6,8,10-11,15,24H,9H2,1-3H3. The molecule has 2 aromatic rings. The largest absolute Gasteiger partial charge is 0.367 e. The van der Waals surface area contributed by atoms with Gasteiger partial charge in [0.25, 0.3) is 0 Å². The smallest absolute Gasteiger partial charge is 0.152 e. The predicted octanol–water partition coefficient (Wildman–Crippen LogP) is 3.71. The van der Waals surface area contributed by atoms with E-state index in [4.69, 9.17) is 11.6 Å². The van der Waals surface area contributed by atoms with E-state index in [9.17, 15) is 9.65 Å². The monoisotopic (exact) mass is 371 g/mol. The van der Waals surface area contributed by atoms with Crippen molar-refractivity contribution in [2.45, 2.75) is 32.9 Å². The van der Waals surface area contributed by atoms with Crippen LogP contribution in [0.25, 0.3) is 11.4 Å². The van der Waals surface area contributed by atoms with E-state index in [-0.39, 0.29) is 17.9 Å². The van der Waals surface area contributed by atoms with Gasteiger partial charge >= 0.3 is 0 Å². The molecule has 5 nitrogen and oxygen atoms in total. The topological polar surface area (TPSA) is 56.6 Å². The molecule has 0 aliphatic carbocycles. The van der Waals surface area contributed by atoms with Gasteiger partial charge in [-0.25, -0.2) is 4.39 Å². The van der Waals surface area contributed by atoms with Crippen LogP contribution < -0.4 is 10.2 Å². The number of aromatic nitrogens is 2. The maximum atomic E-state index is 14.7. The van der Waals surface area contributed by atoms with E-state index < -0.39 is 0 Å². The molecule has 1 aromatic heterocycles. The predicted molar refractivity (Wildman–Crippen MR) is 100 cm³/mol. The quantitative estimate of drug-likeness (QED) is 0.832. The molecule has 1 N–H and O–H groups in total. The Hall–Kier alpha value is -2.52. The van der Waals surface area contributed by atoms with Crippen molar-refractivity contribution in [3.63, 3.8) is 0 Å². The lowest BCUT2D eigenvalue weighted by atomic mass is 9.99. The van der Waals surface area contributed by atoms with Crippen LogP contribution in [-0.4, -0.2) is 28.4 Å². The third kappa shape index (κ3) is 2.46. The fourth-order valence-corrected chi connectivity index (χ4v) is 3.58. The Balaban J connectivity index is 1.96. The number of anilines is 1. The minimum Gasteiger partial charge on any atom is -0.367 e. The summed E-state index contributed by atoms with van der Waals surface area (Å²) in [4.78, 5) is 2.05. The second kappa shape index (κ2) is 6.03. The number of hydrogen-bond acceptors (Lipinski definition) is 4. The van der Waals surface area contributed by atoms with Crippen LogP contribution in [0.5, 0.6) is 0 Å². The molecule has 0 bridgehead atoms. The summed E-state index contributed by atoms with van der Waals surface area (Å²) in [6, 6.07) is 7.04. The first-order valence-electron chi connectivity index (χ1n) is 8.64. The number of nitrogens with one attached hydrogen (secondary N) is 1. The van der Waals surface area contributed by atoms with Gasteiger partial charge in [0.2, 0.25) is 0 Å². The molecule has 134 valence electrons. The fraction of sp³-hybridized carbons (Fsp3) is 0.368. The van der Waals surface area contributed by atoms with E-state index in [1.54, 1.807) is 23.0 Å². The van der Waals surface area contributed by atoms with E-state index >= 15 is 0 Å². The number of hydrogen-bond donors (Lipinski definition) is 1. The maximum Gasteiger partial charge on any atom is 0.152 e. The lowest BCUT2D eigenvalue weighted by Crippen LogP contribution is -2.35. The fourth-order valence-electron chi connectivity index (χ4n) is 3.31. The van der Waals surface area contributed by atoms with E-state index in [1.165, 1.54) is 6.07 Å². The van der Waals surface area contributed by atoms with Crippen molar-refractivity contribution in [2.24, 2.45) is 5.92 Å². The first-order valence-corrected chi connectivity index (χ1v) is 9.02. The van der Waals surface area contributed by atoms with Crippen molar-refractivity contribution in [1.82, 2.24) is 15.1 Å². The van der Waals surface area contributed by atoms with E-state index in [0.717, 1.165) is 11.4 Å². The lowest BCUT2D eigenvalue weighted by molar-refractivity contribution is 0.470. The van der Waals surface area contributed by atoms with Gasteiger partial charge in [-0.3, -0.25) is 0 Å². The minimum absolute atomic E-state index is 0.0115. The summed E-state index contributed by atoms with van der Waals surface area (Å²) in [6.45, 7) is 7.02. The molecule has 0 radical (unpaired) electrons. The summed E-state index contributed by atoms with van der Waals surface area (Å²) >= 11 is 6.37. The van der Waals surface area contributed by atoms with Crippen molar-refractivity contribution in [1.29, 1.82) is 5.26 Å². The lowest BCUT2D eigenvalue weighted by Gasteiger charge is -2.28. The van der Waals surface area contributed by atoms with Gasteiger partial charge in [0.1, 0.15) is 23.3 Å². The molecular formula is C19H19ClFN5. The molecule has 0 spiro atoms. The van der Waals surface area contributed by atoms with Gasteiger partial charge in [-0.2, -0.15) is 15.0 Å². The Kier molecular flexibility index (Phi) is 3.92. The summed E-state index contributed by atoms with van der Waals surface area (Å²) < 4.78 is 16.4. The van der Waals surface area contributed by atoms with Crippen LogP contribution >= 0.6 is 11.6 Å². The first kappa shape index (κ1) is 16.9. The normalized spacial score (nSPS) is 19.1. The number of benzene rings is 1. The van der Waals surface area contributed by atoms with E-state index in [2.05, 4.69) is 42.2 Å². The van der Waals surface area contributed by atoms with Crippen LogP contribution in [0.1, 0.15) is 31.9 Å². The third-order valence-electron chi connectivity index (χ3n) is 5.15. The van der Waals surface area contributed by atoms with Crippen LogP contribution in [0, 0.1) is 23.1 Å². The molecule has 3 heterocycles. The van der Waals surface area contributed by atoms with Gasteiger partial charge in [-0.1, -0.05) is 31.5 Å². The number of halogens is 2. The Labute approximate surface area is 156 Å². The van der Waals surface area contributed by atoms with Crippen LogP contribution in [0.2, 0.25) is 5.02 Å². The Morgan fingerprint density at radius 1 is 1.38 bits per heavy atom. The average molecular weight is 372 g/mol. The minimum atomic E-state index is -0.355. The summed E-state index contributed by atoms with van der Waals surface area (Å²) in [6.07, 6.45) is 1.55. The summed E-state index contributed by atoms with van der Waals surface area (Å²) in [7, 11) is 0. The highest BCUT2D eigenvalue weighted by molar-refractivity contribution is 6.32. The van der Waals surface area contributed by atoms with Crippen LogP contribution in [-0.2, 0) is 0 Å². The Bertz CT molecular complexity index is 935. The average Bonchev–Trinajstić information content (AvgIpc) is 3.27. The highest BCUT2D eigenvalue weighted by Gasteiger charge is 2.48. The summed E-state index contributed by atoms with van der Waals surface area (Å²) in [5.41, 5.74) is 1.71. The molecule has 1 fully saturated rings. The molecule has 2 unspecified atom stereocenters. The molecule has 4 rings (SSSR count). The van der Waals surface area contributed by atoms with Gasteiger partial charge in [-0.05, 0) is 25.0 Å². The summed E-state index contributed by atoms with van der Waals surface area (Å²) in [5.74, 6) is 1.47. The number of fused-ring (bicyclic) bond motifs is 3. The molecule has 2 atom stereocenters. The highest BCUT2D eigenvalue weighted by atomic mass is 35.5. The molecular weight excluding hydrogens is 353 g/mol. The third-order valence-corrected chi connectivity index (χ3v) is 5.46. The molecule has 2 aliphatic heterocycles. The van der Waals surface area contributed by atoms with Gasteiger partial charge in [-0.15, -0.1) is 0 Å². The number of nitriles is 1. The number of nitrogens with zero attached hydrogens (tertiary/aromatic N) is 4. The second-order valence-corrected chi connectivity index (χ2v) is 7.52. The van der Waals surface area contributed by atoms with E-state index in [1.807, 2.05) is 0 Å². The van der Waals surface area contributed by atoms with Crippen molar-refractivity contribution in [2.75, 3.05) is 11.4 Å². The zero-order valence-corrected chi connectivity index (χ0v) is 15.5. The highest BCUT2D eigenvalue weighted by Crippen LogP contribution is 2.47. The van der Waals surface area contributed by atoms with Crippen molar-refractivity contribution in [3.05, 3.63) is 46.4 Å². The van der Waals surface area contributed by atoms with Crippen LogP contribution in [0.15, 0.2) is 24.4 Å². The SMILES string of the molecule is CC(C)C(C)NC1=C(c2c(F)cccc2Cl)C2CN2c2c(C#N)cnn21. The molecule has 1 aromatic carbocycles. The van der Waals surface area contributed by atoms with Gasteiger partial charge in [0.15, 0.2) is 5.82 Å². The zero-order valence-electron chi connectivity index (χ0n) is 14.8. The first-order chi connectivity index (χ1) is 12.4. The molecule has 26 heavy (non-hydrogen) atoms. The molecule has 7 heteroatoms. The molecule has 1 saturated heterocycles. The van der Waals surface area contributed by atoms with Crippen LogP contribution in [0.4, 0.5) is 10.2 Å². The zero-order chi connectivity index (χ0) is 18.6. The Morgan fingerprint density at radius 2 is 2.15 bits per heavy atom. The molecule has 0 amide bonds. The second-order valence-electron chi connectivity index (χ2n) is 7.11. The maximum absolute atomic E-state index is 14.7. The van der Waals surface area contributed by atoms with Crippen LogP contribution in [0.3, 0.4) is 0 Å². The number of rotatable bonds is 4. The Morgan fingerprint density at radius 3 is 2.81 bits per heavy atom. The molecule has 0 saturated carbocycles. The van der Waals surface area contributed by atoms with Crippen molar-refractivity contribution in [3.8, 4) is 6.07 Å². The van der Waals surface area contributed by atoms with Gasteiger partial charge in [0.05, 0.1) is 17.3 Å². The van der Waals surface area contributed by atoms with Crippen molar-refractivity contribution < 1.29 is 4.39 Å². The van der Waals surface area contributed by atoms with Gasteiger partial charge < -0.3 is 10.2 Å². The summed E-state index contributed by atoms with van der Waals surface area (Å²) in [5, 5.41) is 17.7. The van der Waals surface area contributed by atoms with Crippen molar-refractivity contribution >= 4 is 28.8 Å². The van der Waals surface area contributed by atoms with E-state index in [0.29, 0.717) is 34.4 Å².